The van der Waals surface area contributed by atoms with Gasteiger partial charge in [-0.3, -0.25) is 0 Å². The fraction of sp³-hybridized carbons (Fsp3) is 0.167. The van der Waals surface area contributed by atoms with Gasteiger partial charge in [-0.15, -0.1) is 16.4 Å². The second-order valence-electron chi connectivity index (χ2n) is 6.46. The molecule has 0 saturated heterocycles. The molecule has 11 heteroatoms. The first-order valence-corrected chi connectivity index (χ1v) is 10.4. The van der Waals surface area contributed by atoms with Crippen molar-refractivity contribution in [3.63, 3.8) is 0 Å². The van der Waals surface area contributed by atoms with Gasteiger partial charge in [-0.25, -0.2) is 9.97 Å². The van der Waals surface area contributed by atoms with Gasteiger partial charge in [0.15, 0.2) is 5.82 Å². The maximum Gasteiger partial charge on any atom is 0.190 e. The van der Waals surface area contributed by atoms with Gasteiger partial charge in [0, 0.05) is 36.1 Å². The molecular weight excluding hydrogens is 431 g/mol. The number of nitrogens with one attached hydrogen (secondary N) is 1. The number of thiazole rings is 1. The zero-order chi connectivity index (χ0) is 20.0. The highest BCUT2D eigenvalue weighted by Crippen LogP contribution is 2.35. The van der Waals surface area contributed by atoms with Crippen LogP contribution in [0.2, 0.25) is 10.0 Å². The minimum Gasteiger partial charge on any atom is -0.383 e. The summed E-state index contributed by atoms with van der Waals surface area (Å²) in [5, 5.41) is 17.0. The molecule has 8 nitrogen and oxygen atoms in total. The quantitative estimate of drug-likeness (QED) is 0.498. The normalized spacial score (nSPS) is 13.4. The van der Waals surface area contributed by atoms with E-state index in [1.54, 1.807) is 35.7 Å². The minimum absolute atomic E-state index is 0.311. The third kappa shape index (κ3) is 3.25. The monoisotopic (exact) mass is 444 g/mol. The van der Waals surface area contributed by atoms with Crippen molar-refractivity contribution in [2.45, 2.75) is 13.0 Å². The SMILES string of the molecule is Nc1ncc(-c2nc3c(s2)CNCC3)cc1-c1nnnn1-c1cccc(Cl)c1Cl. The Morgan fingerprint density at radius 3 is 3.00 bits per heavy atom. The summed E-state index contributed by atoms with van der Waals surface area (Å²) in [6.07, 6.45) is 2.64. The van der Waals surface area contributed by atoms with Crippen molar-refractivity contribution >= 4 is 40.4 Å². The molecule has 0 amide bonds. The number of anilines is 1. The van der Waals surface area contributed by atoms with E-state index in [9.17, 15) is 0 Å². The van der Waals surface area contributed by atoms with Gasteiger partial charge in [0.1, 0.15) is 10.8 Å². The van der Waals surface area contributed by atoms with Crippen LogP contribution in [0.4, 0.5) is 5.82 Å². The van der Waals surface area contributed by atoms with Gasteiger partial charge in [0.05, 0.1) is 27.0 Å². The summed E-state index contributed by atoms with van der Waals surface area (Å²) < 4.78 is 1.50. The second-order valence-corrected chi connectivity index (χ2v) is 8.33. The smallest absolute Gasteiger partial charge is 0.190 e. The molecule has 0 atom stereocenters. The molecule has 146 valence electrons. The number of nitrogens with two attached hydrogens (primary N) is 1. The molecule has 1 aliphatic heterocycles. The lowest BCUT2D eigenvalue weighted by atomic mass is 10.1. The molecule has 3 N–H and O–H groups in total. The first kappa shape index (κ1) is 18.4. The molecule has 0 unspecified atom stereocenters. The van der Waals surface area contributed by atoms with Crippen molar-refractivity contribution in [3.8, 4) is 27.6 Å². The predicted molar refractivity (Wildman–Crippen MR) is 113 cm³/mol. The zero-order valence-corrected chi connectivity index (χ0v) is 17.3. The van der Waals surface area contributed by atoms with E-state index < -0.39 is 0 Å². The number of aromatic nitrogens is 6. The van der Waals surface area contributed by atoms with Gasteiger partial charge in [-0.2, -0.15) is 4.68 Å². The molecule has 0 bridgehead atoms. The summed E-state index contributed by atoms with van der Waals surface area (Å²) in [6, 6.07) is 7.17. The highest BCUT2D eigenvalue weighted by Gasteiger charge is 2.20. The third-order valence-corrected chi connectivity index (χ3v) is 6.59. The Labute approximate surface area is 179 Å². The summed E-state index contributed by atoms with van der Waals surface area (Å²) in [4.78, 5) is 10.4. The van der Waals surface area contributed by atoms with Crippen molar-refractivity contribution in [2.24, 2.45) is 0 Å². The highest BCUT2D eigenvalue weighted by molar-refractivity contribution is 7.15. The fourth-order valence-electron chi connectivity index (χ4n) is 3.19. The number of tetrazole rings is 1. The second kappa shape index (κ2) is 7.34. The van der Waals surface area contributed by atoms with Crippen LogP contribution in [0.5, 0.6) is 0 Å². The van der Waals surface area contributed by atoms with Gasteiger partial charge < -0.3 is 11.1 Å². The lowest BCUT2D eigenvalue weighted by Gasteiger charge is -2.09. The molecule has 0 fully saturated rings. The van der Waals surface area contributed by atoms with Crippen molar-refractivity contribution in [2.75, 3.05) is 12.3 Å². The molecular formula is C18H14Cl2N8S. The van der Waals surface area contributed by atoms with E-state index in [-0.39, 0.29) is 0 Å². The van der Waals surface area contributed by atoms with Crippen molar-refractivity contribution < 1.29 is 0 Å². The maximum absolute atomic E-state index is 6.36. The molecule has 3 aromatic heterocycles. The van der Waals surface area contributed by atoms with Gasteiger partial charge in [-0.05, 0) is 28.6 Å². The number of benzene rings is 1. The van der Waals surface area contributed by atoms with Crippen LogP contribution in [-0.4, -0.2) is 36.7 Å². The summed E-state index contributed by atoms with van der Waals surface area (Å²) in [7, 11) is 0. The van der Waals surface area contributed by atoms with E-state index in [0.717, 1.165) is 35.8 Å². The average molecular weight is 445 g/mol. The Balaban J connectivity index is 1.61. The Bertz CT molecular complexity index is 1200. The van der Waals surface area contributed by atoms with Crippen molar-refractivity contribution in [1.82, 2.24) is 35.5 Å². The number of halogens is 2. The molecule has 1 aliphatic rings. The number of rotatable bonds is 3. The summed E-state index contributed by atoms with van der Waals surface area (Å²) in [5.74, 6) is 0.731. The molecule has 29 heavy (non-hydrogen) atoms. The van der Waals surface area contributed by atoms with E-state index in [0.29, 0.717) is 32.9 Å². The topological polar surface area (TPSA) is 107 Å². The van der Waals surface area contributed by atoms with Gasteiger partial charge in [0.25, 0.3) is 0 Å². The van der Waals surface area contributed by atoms with Crippen LogP contribution in [0.1, 0.15) is 10.6 Å². The van der Waals surface area contributed by atoms with Crippen LogP contribution in [0, 0.1) is 0 Å². The molecule has 0 radical (unpaired) electrons. The number of hydrogen-bond donors (Lipinski definition) is 2. The zero-order valence-electron chi connectivity index (χ0n) is 14.9. The molecule has 0 aliphatic carbocycles. The molecule has 5 rings (SSSR count). The lowest BCUT2D eigenvalue weighted by molar-refractivity contribution is 0.644. The van der Waals surface area contributed by atoms with E-state index in [4.69, 9.17) is 33.9 Å². The third-order valence-electron chi connectivity index (χ3n) is 4.64. The maximum atomic E-state index is 6.36. The van der Waals surface area contributed by atoms with Gasteiger partial charge in [0.2, 0.25) is 0 Å². The van der Waals surface area contributed by atoms with E-state index in [1.807, 2.05) is 6.07 Å². The van der Waals surface area contributed by atoms with E-state index in [1.165, 1.54) is 9.56 Å². The number of fused-ring (bicyclic) bond motifs is 1. The standard InChI is InChI=1S/C18H14Cl2N8S/c19-11-2-1-3-13(15(11)20)28-17(25-26-27-28)10-6-9(7-23-16(10)21)18-24-12-4-5-22-8-14(12)29-18/h1-3,6-7,22H,4-5,8H2,(H2,21,23). The molecule has 1 aromatic carbocycles. The number of nitrogen functional groups attached to an aromatic ring is 1. The minimum atomic E-state index is 0.311. The lowest BCUT2D eigenvalue weighted by Crippen LogP contribution is -2.22. The van der Waals surface area contributed by atoms with E-state index in [2.05, 4.69) is 25.8 Å². The highest BCUT2D eigenvalue weighted by atomic mass is 35.5. The Hall–Kier alpha value is -2.59. The Morgan fingerprint density at radius 2 is 2.14 bits per heavy atom. The van der Waals surface area contributed by atoms with Crippen LogP contribution in [-0.2, 0) is 13.0 Å². The number of pyridine rings is 1. The predicted octanol–water partition coefficient (Wildman–Crippen LogP) is 3.38. The summed E-state index contributed by atoms with van der Waals surface area (Å²) >= 11 is 14.2. The average Bonchev–Trinajstić information content (AvgIpc) is 3.37. The van der Waals surface area contributed by atoms with Crippen LogP contribution < -0.4 is 11.1 Å². The van der Waals surface area contributed by atoms with Crippen LogP contribution in [0.3, 0.4) is 0 Å². The van der Waals surface area contributed by atoms with Crippen molar-refractivity contribution in [3.05, 3.63) is 51.1 Å². The molecule has 0 saturated carbocycles. The van der Waals surface area contributed by atoms with Crippen LogP contribution in [0.15, 0.2) is 30.5 Å². The largest absolute Gasteiger partial charge is 0.383 e. The van der Waals surface area contributed by atoms with E-state index >= 15 is 0 Å². The molecule has 0 spiro atoms. The summed E-state index contributed by atoms with van der Waals surface area (Å²) in [5.41, 5.74) is 9.31. The van der Waals surface area contributed by atoms with Gasteiger partial charge >= 0.3 is 0 Å². The first-order chi connectivity index (χ1) is 14.1. The molecule has 4 heterocycles. The van der Waals surface area contributed by atoms with Crippen molar-refractivity contribution in [1.29, 1.82) is 0 Å². The Kier molecular flexibility index (Phi) is 4.67. The van der Waals surface area contributed by atoms with Crippen LogP contribution in [0.25, 0.3) is 27.6 Å². The first-order valence-electron chi connectivity index (χ1n) is 8.80. The fourth-order valence-corrected chi connectivity index (χ4v) is 4.63. The molecule has 4 aromatic rings. The van der Waals surface area contributed by atoms with Crippen LogP contribution >= 0.6 is 34.5 Å². The summed E-state index contributed by atoms with van der Waals surface area (Å²) in [6.45, 7) is 1.78. The Morgan fingerprint density at radius 1 is 1.24 bits per heavy atom. The van der Waals surface area contributed by atoms with Gasteiger partial charge in [-0.1, -0.05) is 29.3 Å². The number of hydrogen-bond acceptors (Lipinski definition) is 8. The number of nitrogens with zero attached hydrogens (tertiary/aromatic N) is 6.